The topological polar surface area (TPSA) is 55.3 Å². The summed E-state index contributed by atoms with van der Waals surface area (Å²) in [7, 11) is 0. The van der Waals surface area contributed by atoms with Crippen LogP contribution in [0.5, 0.6) is 0 Å². The molecule has 1 aliphatic rings. The number of carbonyl (C=O) groups is 1. The van der Waals surface area contributed by atoms with Gasteiger partial charge >= 0.3 is 0 Å². The lowest BCUT2D eigenvalue weighted by Gasteiger charge is -2.28. The molecule has 0 aliphatic carbocycles. The molecular formula is C19H21N3O2. The highest BCUT2D eigenvalue weighted by atomic mass is 16.5. The molecule has 2 aromatic rings. The first-order chi connectivity index (χ1) is 11.8. The molecule has 24 heavy (non-hydrogen) atoms. The molecule has 3 rings (SSSR count). The molecule has 5 nitrogen and oxygen atoms in total. The van der Waals surface area contributed by atoms with E-state index in [1.165, 1.54) is 0 Å². The summed E-state index contributed by atoms with van der Waals surface area (Å²) < 4.78 is 5.91. The van der Waals surface area contributed by atoms with E-state index in [0.717, 1.165) is 18.4 Å². The first kappa shape index (κ1) is 16.3. The third-order valence-electron chi connectivity index (χ3n) is 4.27. The van der Waals surface area contributed by atoms with Crippen molar-refractivity contribution in [1.82, 2.24) is 14.9 Å². The second-order valence-corrected chi connectivity index (χ2v) is 5.82. The van der Waals surface area contributed by atoms with Crippen LogP contribution >= 0.6 is 0 Å². The van der Waals surface area contributed by atoms with Crippen LogP contribution < -0.4 is 0 Å². The van der Waals surface area contributed by atoms with Crippen molar-refractivity contribution in [2.45, 2.75) is 25.0 Å². The molecule has 1 amide bonds. The SMILES string of the molecule is C=CCO[C@H]1CCN(C(=O)c2ccncc2)[C@H]1Cc1cccnc1. The van der Waals surface area contributed by atoms with Gasteiger partial charge in [0.1, 0.15) is 0 Å². The average molecular weight is 323 g/mol. The zero-order chi connectivity index (χ0) is 16.8. The van der Waals surface area contributed by atoms with Crippen LogP contribution in [0.1, 0.15) is 22.3 Å². The van der Waals surface area contributed by atoms with Crippen molar-refractivity contribution in [2.24, 2.45) is 0 Å². The van der Waals surface area contributed by atoms with Crippen molar-refractivity contribution in [3.63, 3.8) is 0 Å². The van der Waals surface area contributed by atoms with Crippen molar-refractivity contribution in [1.29, 1.82) is 0 Å². The average Bonchev–Trinajstić information content (AvgIpc) is 3.03. The zero-order valence-electron chi connectivity index (χ0n) is 13.5. The molecule has 0 unspecified atom stereocenters. The number of carbonyl (C=O) groups excluding carboxylic acids is 1. The van der Waals surface area contributed by atoms with E-state index in [-0.39, 0.29) is 18.1 Å². The summed E-state index contributed by atoms with van der Waals surface area (Å²) >= 11 is 0. The first-order valence-electron chi connectivity index (χ1n) is 8.12. The zero-order valence-corrected chi connectivity index (χ0v) is 13.5. The third kappa shape index (κ3) is 3.68. The second kappa shape index (κ2) is 7.84. The molecule has 0 bridgehead atoms. The van der Waals surface area contributed by atoms with E-state index in [2.05, 4.69) is 16.5 Å². The highest BCUT2D eigenvalue weighted by Gasteiger charge is 2.37. The van der Waals surface area contributed by atoms with Crippen molar-refractivity contribution < 1.29 is 9.53 Å². The number of amides is 1. The number of aromatic nitrogens is 2. The Morgan fingerprint density at radius 3 is 2.83 bits per heavy atom. The maximum absolute atomic E-state index is 12.9. The van der Waals surface area contributed by atoms with Gasteiger partial charge in [0.2, 0.25) is 0 Å². The quantitative estimate of drug-likeness (QED) is 0.767. The molecule has 0 spiro atoms. The van der Waals surface area contributed by atoms with Crippen molar-refractivity contribution in [3.8, 4) is 0 Å². The van der Waals surface area contributed by atoms with Gasteiger partial charge in [-0.2, -0.15) is 0 Å². The highest BCUT2D eigenvalue weighted by molar-refractivity contribution is 5.94. The van der Waals surface area contributed by atoms with E-state index in [4.69, 9.17) is 4.74 Å². The molecule has 1 aliphatic heterocycles. The number of rotatable bonds is 6. The van der Waals surface area contributed by atoms with Crippen LogP contribution in [0.2, 0.25) is 0 Å². The molecule has 0 N–H and O–H groups in total. The Labute approximate surface area is 142 Å². The number of nitrogens with zero attached hydrogens (tertiary/aromatic N) is 3. The standard InChI is InChI=1S/C19H21N3O2/c1-2-12-24-18-7-11-22(19(23)16-5-9-20-10-6-16)17(18)13-15-4-3-8-21-14-15/h2-6,8-10,14,17-18H,1,7,11-13H2/t17-,18-/m0/s1. The van der Waals surface area contributed by atoms with E-state index < -0.39 is 0 Å². The molecule has 0 aromatic carbocycles. The Balaban J connectivity index is 1.81. The lowest BCUT2D eigenvalue weighted by Crippen LogP contribution is -2.42. The van der Waals surface area contributed by atoms with Gasteiger partial charge in [-0.15, -0.1) is 6.58 Å². The predicted octanol–water partition coefficient (Wildman–Crippen LogP) is 2.51. The largest absolute Gasteiger partial charge is 0.372 e. The number of likely N-dealkylation sites (tertiary alicyclic amines) is 1. The fourth-order valence-corrected chi connectivity index (χ4v) is 3.13. The Morgan fingerprint density at radius 1 is 1.29 bits per heavy atom. The van der Waals surface area contributed by atoms with Gasteiger partial charge in [-0.05, 0) is 36.6 Å². The van der Waals surface area contributed by atoms with Crippen molar-refractivity contribution >= 4 is 5.91 Å². The molecule has 1 saturated heterocycles. The second-order valence-electron chi connectivity index (χ2n) is 5.82. The summed E-state index contributed by atoms with van der Waals surface area (Å²) in [6, 6.07) is 7.45. The maximum Gasteiger partial charge on any atom is 0.254 e. The van der Waals surface area contributed by atoms with Gasteiger partial charge in [0.25, 0.3) is 5.91 Å². The fraction of sp³-hybridized carbons (Fsp3) is 0.316. The number of hydrogen-bond acceptors (Lipinski definition) is 4. The van der Waals surface area contributed by atoms with Crippen LogP contribution in [0.3, 0.4) is 0 Å². The minimum Gasteiger partial charge on any atom is -0.372 e. The molecule has 2 aromatic heterocycles. The first-order valence-corrected chi connectivity index (χ1v) is 8.12. The highest BCUT2D eigenvalue weighted by Crippen LogP contribution is 2.26. The molecule has 1 fully saturated rings. The van der Waals surface area contributed by atoms with E-state index in [0.29, 0.717) is 18.7 Å². The van der Waals surface area contributed by atoms with Crippen LogP contribution in [0.25, 0.3) is 0 Å². The van der Waals surface area contributed by atoms with E-state index in [9.17, 15) is 4.79 Å². The molecular weight excluding hydrogens is 302 g/mol. The van der Waals surface area contributed by atoms with E-state index in [1.54, 1.807) is 36.8 Å². The maximum atomic E-state index is 12.9. The minimum absolute atomic E-state index is 0.00480. The lowest BCUT2D eigenvalue weighted by molar-refractivity contribution is 0.0379. The summed E-state index contributed by atoms with van der Waals surface area (Å²) in [5.41, 5.74) is 1.76. The Morgan fingerprint density at radius 2 is 2.12 bits per heavy atom. The molecule has 0 saturated carbocycles. The van der Waals surface area contributed by atoms with Crippen LogP contribution in [0.4, 0.5) is 0 Å². The fourth-order valence-electron chi connectivity index (χ4n) is 3.13. The Kier molecular flexibility index (Phi) is 5.33. The Hall–Kier alpha value is -2.53. The van der Waals surface area contributed by atoms with Gasteiger partial charge in [0.05, 0.1) is 18.8 Å². The molecule has 2 atom stereocenters. The van der Waals surface area contributed by atoms with E-state index in [1.807, 2.05) is 23.2 Å². The van der Waals surface area contributed by atoms with Crippen LogP contribution in [-0.2, 0) is 11.2 Å². The monoisotopic (exact) mass is 323 g/mol. The summed E-state index contributed by atoms with van der Waals surface area (Å²) in [6.07, 6.45) is 10.2. The third-order valence-corrected chi connectivity index (χ3v) is 4.27. The summed E-state index contributed by atoms with van der Waals surface area (Å²) in [6.45, 7) is 4.89. The van der Waals surface area contributed by atoms with Gasteiger partial charge in [0, 0.05) is 36.9 Å². The minimum atomic E-state index is -0.00480. The number of ether oxygens (including phenoxy) is 1. The van der Waals surface area contributed by atoms with Crippen molar-refractivity contribution in [3.05, 3.63) is 72.8 Å². The smallest absolute Gasteiger partial charge is 0.254 e. The summed E-state index contributed by atoms with van der Waals surface area (Å²) in [4.78, 5) is 22.9. The number of hydrogen-bond donors (Lipinski definition) is 0. The lowest BCUT2D eigenvalue weighted by atomic mass is 10.0. The molecule has 5 heteroatoms. The summed E-state index contributed by atoms with van der Waals surface area (Å²) in [5.74, 6) is 0.0241. The van der Waals surface area contributed by atoms with Crippen LogP contribution in [-0.4, -0.2) is 46.1 Å². The molecule has 0 radical (unpaired) electrons. The van der Waals surface area contributed by atoms with Gasteiger partial charge < -0.3 is 9.64 Å². The Bertz CT molecular complexity index is 676. The molecule has 124 valence electrons. The van der Waals surface area contributed by atoms with Crippen molar-refractivity contribution in [2.75, 3.05) is 13.2 Å². The van der Waals surface area contributed by atoms with Gasteiger partial charge in [-0.1, -0.05) is 12.1 Å². The van der Waals surface area contributed by atoms with Gasteiger partial charge in [-0.3, -0.25) is 14.8 Å². The normalized spacial score (nSPS) is 20.1. The summed E-state index contributed by atoms with van der Waals surface area (Å²) in [5, 5.41) is 0. The predicted molar refractivity (Wildman–Crippen MR) is 91.6 cm³/mol. The van der Waals surface area contributed by atoms with Crippen LogP contribution in [0.15, 0.2) is 61.7 Å². The van der Waals surface area contributed by atoms with E-state index >= 15 is 0 Å². The molecule has 3 heterocycles. The van der Waals surface area contributed by atoms with Crippen LogP contribution in [0, 0.1) is 0 Å². The van der Waals surface area contributed by atoms with Gasteiger partial charge in [0.15, 0.2) is 0 Å². The number of pyridine rings is 2. The van der Waals surface area contributed by atoms with Gasteiger partial charge in [-0.25, -0.2) is 0 Å².